The van der Waals surface area contributed by atoms with E-state index in [1.807, 2.05) is 0 Å². The zero-order chi connectivity index (χ0) is 19.0. The van der Waals surface area contributed by atoms with Gasteiger partial charge in [0.15, 0.2) is 0 Å². The molecule has 0 amide bonds. The van der Waals surface area contributed by atoms with Gasteiger partial charge in [-0.3, -0.25) is 0 Å². The standard InChI is InChI=1S/C20H13FO5S/c1-24-12-5-6-13-11(7-19(22)26-16(13)8-12)10-25-20(23)18-9-14-15(21)3-2-4-17(14)27-18/h2-9H,10H2,1H3. The molecule has 0 fully saturated rings. The van der Waals surface area contributed by atoms with Gasteiger partial charge in [0.05, 0.1) is 7.11 Å². The number of rotatable bonds is 4. The minimum Gasteiger partial charge on any atom is -0.497 e. The molecule has 5 nitrogen and oxygen atoms in total. The number of fused-ring (bicyclic) bond motifs is 2. The number of hydrogen-bond donors (Lipinski definition) is 0. The third kappa shape index (κ3) is 3.29. The number of esters is 1. The van der Waals surface area contributed by atoms with Gasteiger partial charge >= 0.3 is 11.6 Å². The van der Waals surface area contributed by atoms with Crippen molar-refractivity contribution in [1.29, 1.82) is 0 Å². The van der Waals surface area contributed by atoms with Crippen molar-refractivity contribution < 1.29 is 23.1 Å². The van der Waals surface area contributed by atoms with Gasteiger partial charge in [0.25, 0.3) is 0 Å². The van der Waals surface area contributed by atoms with Crippen molar-refractivity contribution in [2.24, 2.45) is 0 Å². The van der Waals surface area contributed by atoms with Gasteiger partial charge in [-0.05, 0) is 30.3 Å². The van der Waals surface area contributed by atoms with Gasteiger partial charge in [-0.1, -0.05) is 6.07 Å². The summed E-state index contributed by atoms with van der Waals surface area (Å²) in [6, 6.07) is 12.5. The first-order chi connectivity index (χ1) is 13.0. The number of carbonyl (C=O) groups is 1. The Hall–Kier alpha value is -3.19. The van der Waals surface area contributed by atoms with Crippen molar-refractivity contribution >= 4 is 38.4 Å². The van der Waals surface area contributed by atoms with Crippen LogP contribution in [0.4, 0.5) is 4.39 Å². The SMILES string of the molecule is COc1ccc2c(COC(=O)c3cc4c(F)cccc4s3)cc(=O)oc2c1. The first-order valence-corrected chi connectivity index (χ1v) is 8.83. The van der Waals surface area contributed by atoms with Crippen molar-refractivity contribution in [3.63, 3.8) is 0 Å². The molecule has 0 aliphatic heterocycles. The maximum Gasteiger partial charge on any atom is 0.348 e. The Morgan fingerprint density at radius 2 is 2.00 bits per heavy atom. The van der Waals surface area contributed by atoms with Gasteiger partial charge in [-0.25, -0.2) is 14.0 Å². The summed E-state index contributed by atoms with van der Waals surface area (Å²) in [6.45, 7) is -0.107. The molecule has 4 rings (SSSR count). The molecule has 0 radical (unpaired) electrons. The molecule has 0 atom stereocenters. The number of methoxy groups -OCH3 is 1. The average molecular weight is 384 g/mol. The van der Waals surface area contributed by atoms with E-state index >= 15 is 0 Å². The minimum atomic E-state index is -0.578. The lowest BCUT2D eigenvalue weighted by molar-refractivity contribution is 0.0479. The molecule has 0 N–H and O–H groups in total. The van der Waals surface area contributed by atoms with Gasteiger partial charge in [0, 0.05) is 33.2 Å². The van der Waals surface area contributed by atoms with E-state index in [4.69, 9.17) is 13.9 Å². The van der Waals surface area contributed by atoms with Crippen LogP contribution >= 0.6 is 11.3 Å². The van der Waals surface area contributed by atoms with E-state index < -0.39 is 11.6 Å². The highest BCUT2D eigenvalue weighted by Gasteiger charge is 2.15. The second-order valence-corrected chi connectivity index (χ2v) is 6.87. The van der Waals surface area contributed by atoms with Crippen molar-refractivity contribution in [3.8, 4) is 5.75 Å². The summed E-state index contributed by atoms with van der Waals surface area (Å²) in [7, 11) is 1.51. The molecule has 0 bridgehead atoms. The summed E-state index contributed by atoms with van der Waals surface area (Å²) in [4.78, 5) is 24.4. The lowest BCUT2D eigenvalue weighted by Gasteiger charge is -2.07. The maximum atomic E-state index is 13.8. The highest BCUT2D eigenvalue weighted by molar-refractivity contribution is 7.20. The van der Waals surface area contributed by atoms with Gasteiger partial charge in [0.1, 0.15) is 28.6 Å². The minimum absolute atomic E-state index is 0.107. The molecule has 2 heterocycles. The highest BCUT2D eigenvalue weighted by atomic mass is 32.1. The number of carbonyl (C=O) groups excluding carboxylic acids is 1. The van der Waals surface area contributed by atoms with Gasteiger partial charge in [-0.15, -0.1) is 11.3 Å². The third-order valence-electron chi connectivity index (χ3n) is 4.11. The Bertz CT molecular complexity index is 1220. The second-order valence-electron chi connectivity index (χ2n) is 5.79. The van der Waals surface area contributed by atoms with E-state index in [0.717, 1.165) is 11.3 Å². The molecule has 0 saturated heterocycles. The quantitative estimate of drug-likeness (QED) is 0.383. The molecule has 2 aromatic carbocycles. The Labute approximate surface area is 156 Å². The Morgan fingerprint density at radius 3 is 2.78 bits per heavy atom. The van der Waals surface area contributed by atoms with Gasteiger partial charge in [0.2, 0.25) is 0 Å². The predicted molar refractivity (Wildman–Crippen MR) is 99.9 cm³/mol. The van der Waals surface area contributed by atoms with Crippen LogP contribution in [0.25, 0.3) is 21.1 Å². The largest absolute Gasteiger partial charge is 0.497 e. The second kappa shape index (κ2) is 6.85. The van der Waals surface area contributed by atoms with Crippen LogP contribution in [-0.4, -0.2) is 13.1 Å². The molecule has 27 heavy (non-hydrogen) atoms. The molecule has 0 spiro atoms. The lowest BCUT2D eigenvalue weighted by atomic mass is 10.1. The van der Waals surface area contributed by atoms with E-state index in [1.54, 1.807) is 30.3 Å². The fourth-order valence-corrected chi connectivity index (χ4v) is 3.77. The van der Waals surface area contributed by atoms with Crippen LogP contribution in [0.15, 0.2) is 57.7 Å². The summed E-state index contributed by atoms with van der Waals surface area (Å²) in [5, 5.41) is 1.03. The molecule has 7 heteroatoms. The Balaban J connectivity index is 1.61. The molecular weight excluding hydrogens is 371 g/mol. The number of benzene rings is 2. The average Bonchev–Trinajstić information content (AvgIpc) is 3.11. The van der Waals surface area contributed by atoms with Gasteiger partial charge < -0.3 is 13.9 Å². The van der Waals surface area contributed by atoms with E-state index in [0.29, 0.717) is 37.2 Å². The zero-order valence-electron chi connectivity index (χ0n) is 14.2. The molecule has 0 aliphatic carbocycles. The Kier molecular flexibility index (Phi) is 4.37. The number of ether oxygens (including phenoxy) is 2. The van der Waals surface area contributed by atoms with Crippen LogP contribution in [-0.2, 0) is 11.3 Å². The summed E-state index contributed by atoms with van der Waals surface area (Å²) in [6.07, 6.45) is 0. The van der Waals surface area contributed by atoms with Crippen LogP contribution in [0, 0.1) is 5.82 Å². The third-order valence-corrected chi connectivity index (χ3v) is 5.19. The topological polar surface area (TPSA) is 65.7 Å². The van der Waals surface area contributed by atoms with Crippen LogP contribution in [0.5, 0.6) is 5.75 Å². The van der Waals surface area contributed by atoms with Crippen molar-refractivity contribution in [2.45, 2.75) is 6.61 Å². The normalized spacial score (nSPS) is 11.0. The predicted octanol–water partition coefficient (Wildman–Crippen LogP) is 4.51. The van der Waals surface area contributed by atoms with Crippen molar-refractivity contribution in [2.75, 3.05) is 7.11 Å². The fourth-order valence-electron chi connectivity index (χ4n) is 2.80. The fraction of sp³-hybridized carbons (Fsp3) is 0.100. The molecule has 0 saturated carbocycles. The molecule has 2 aromatic heterocycles. The monoisotopic (exact) mass is 384 g/mol. The van der Waals surface area contributed by atoms with Crippen LogP contribution in [0.2, 0.25) is 0 Å². The van der Waals surface area contributed by atoms with Gasteiger partial charge in [-0.2, -0.15) is 0 Å². The highest BCUT2D eigenvalue weighted by Crippen LogP contribution is 2.29. The summed E-state index contributed by atoms with van der Waals surface area (Å²) in [5.74, 6) is -0.416. The van der Waals surface area contributed by atoms with E-state index in [1.165, 1.54) is 25.3 Å². The molecule has 136 valence electrons. The number of halogens is 1. The summed E-state index contributed by atoms with van der Waals surface area (Å²) >= 11 is 1.16. The maximum absolute atomic E-state index is 13.8. The smallest absolute Gasteiger partial charge is 0.348 e. The summed E-state index contributed by atoms with van der Waals surface area (Å²) < 4.78 is 30.1. The van der Waals surface area contributed by atoms with Crippen LogP contribution in [0.3, 0.4) is 0 Å². The number of hydrogen-bond acceptors (Lipinski definition) is 6. The lowest BCUT2D eigenvalue weighted by Crippen LogP contribution is -2.07. The first kappa shape index (κ1) is 17.2. The first-order valence-electron chi connectivity index (χ1n) is 8.01. The molecule has 0 aliphatic rings. The molecule has 4 aromatic rings. The van der Waals surface area contributed by atoms with E-state index in [9.17, 15) is 14.0 Å². The molecule has 0 unspecified atom stereocenters. The Morgan fingerprint density at radius 1 is 1.15 bits per heavy atom. The van der Waals surface area contributed by atoms with Crippen molar-refractivity contribution in [3.05, 3.63) is 75.2 Å². The van der Waals surface area contributed by atoms with Crippen LogP contribution in [0.1, 0.15) is 15.2 Å². The molecular formula is C20H13FO5S. The number of thiophene rings is 1. The van der Waals surface area contributed by atoms with Crippen molar-refractivity contribution in [1.82, 2.24) is 0 Å². The zero-order valence-corrected chi connectivity index (χ0v) is 15.0. The van der Waals surface area contributed by atoms with Crippen LogP contribution < -0.4 is 10.4 Å². The summed E-state index contributed by atoms with van der Waals surface area (Å²) in [5.41, 5.74) is 0.312. The van der Waals surface area contributed by atoms with E-state index in [2.05, 4.69) is 0 Å². The van der Waals surface area contributed by atoms with E-state index in [-0.39, 0.29) is 12.4 Å².